The van der Waals surface area contributed by atoms with Crippen LogP contribution in [0.2, 0.25) is 0 Å². The Bertz CT molecular complexity index is 537. The molecule has 1 fully saturated rings. The molecule has 0 atom stereocenters. The molecule has 2 rings (SSSR count). The first-order chi connectivity index (χ1) is 11.1. The monoisotopic (exact) mass is 318 g/mol. The summed E-state index contributed by atoms with van der Waals surface area (Å²) in [6.07, 6.45) is 3.06. The van der Waals surface area contributed by atoms with Crippen LogP contribution in [0.4, 0.5) is 0 Å². The second kappa shape index (κ2) is 8.56. The van der Waals surface area contributed by atoms with Gasteiger partial charge >= 0.3 is 0 Å². The van der Waals surface area contributed by atoms with Crippen molar-refractivity contribution in [1.82, 2.24) is 10.2 Å². The van der Waals surface area contributed by atoms with Gasteiger partial charge in [-0.1, -0.05) is 19.1 Å². The molecule has 0 aromatic heterocycles. The lowest BCUT2D eigenvalue weighted by Crippen LogP contribution is -2.47. The molecule has 1 aliphatic rings. The number of rotatable bonds is 6. The van der Waals surface area contributed by atoms with Crippen LogP contribution in [0.3, 0.4) is 0 Å². The molecule has 2 amide bonds. The van der Waals surface area contributed by atoms with Crippen LogP contribution in [-0.4, -0.2) is 42.5 Å². The zero-order valence-corrected chi connectivity index (χ0v) is 14.0. The molecule has 0 spiro atoms. The van der Waals surface area contributed by atoms with Gasteiger partial charge in [0.15, 0.2) is 6.61 Å². The maximum atomic E-state index is 12.2. The van der Waals surface area contributed by atoms with Crippen LogP contribution in [0, 0.1) is 6.92 Å². The third-order valence-corrected chi connectivity index (χ3v) is 4.04. The molecule has 0 unspecified atom stereocenters. The highest BCUT2D eigenvalue weighted by molar-refractivity contribution is 5.78. The Hall–Kier alpha value is -2.04. The number of hydrogen-bond acceptors (Lipinski definition) is 3. The largest absolute Gasteiger partial charge is 0.484 e. The molecule has 1 aliphatic heterocycles. The Morgan fingerprint density at radius 2 is 2.04 bits per heavy atom. The highest BCUT2D eigenvalue weighted by atomic mass is 16.5. The van der Waals surface area contributed by atoms with E-state index in [-0.39, 0.29) is 24.5 Å². The average Bonchev–Trinajstić information content (AvgIpc) is 2.53. The molecule has 1 heterocycles. The fourth-order valence-corrected chi connectivity index (χ4v) is 2.74. The van der Waals surface area contributed by atoms with Gasteiger partial charge in [0, 0.05) is 25.6 Å². The SMILES string of the molecule is CCCC(=O)NC1CCN(C(=O)COc2cccc(C)c2)CC1. The predicted octanol–water partition coefficient (Wildman–Crippen LogP) is 2.28. The lowest BCUT2D eigenvalue weighted by Gasteiger charge is -2.32. The highest BCUT2D eigenvalue weighted by Gasteiger charge is 2.23. The number of aryl methyl sites for hydroxylation is 1. The third-order valence-electron chi connectivity index (χ3n) is 4.04. The Labute approximate surface area is 138 Å². The van der Waals surface area contributed by atoms with E-state index in [1.807, 2.05) is 43.0 Å². The number of likely N-dealkylation sites (tertiary alicyclic amines) is 1. The molecule has 126 valence electrons. The molecule has 1 N–H and O–H groups in total. The van der Waals surface area contributed by atoms with Crippen LogP contribution >= 0.6 is 0 Å². The van der Waals surface area contributed by atoms with Crippen LogP contribution < -0.4 is 10.1 Å². The van der Waals surface area contributed by atoms with Gasteiger partial charge in [0.1, 0.15) is 5.75 Å². The van der Waals surface area contributed by atoms with Gasteiger partial charge in [-0.3, -0.25) is 9.59 Å². The van der Waals surface area contributed by atoms with E-state index in [1.54, 1.807) is 0 Å². The number of piperidine rings is 1. The standard InChI is InChI=1S/C18H26N2O3/c1-3-5-17(21)19-15-8-10-20(11-9-15)18(22)13-23-16-7-4-6-14(2)12-16/h4,6-7,12,15H,3,5,8-11,13H2,1-2H3,(H,19,21). The van der Waals surface area contributed by atoms with E-state index in [2.05, 4.69) is 5.32 Å². The quantitative estimate of drug-likeness (QED) is 0.875. The first kappa shape index (κ1) is 17.3. The van der Waals surface area contributed by atoms with Gasteiger partial charge in [-0.2, -0.15) is 0 Å². The number of nitrogens with zero attached hydrogens (tertiary/aromatic N) is 1. The zero-order valence-electron chi connectivity index (χ0n) is 14.0. The number of ether oxygens (including phenoxy) is 1. The Morgan fingerprint density at radius 1 is 1.30 bits per heavy atom. The van der Waals surface area contributed by atoms with Crippen molar-refractivity contribution in [2.45, 2.75) is 45.6 Å². The summed E-state index contributed by atoms with van der Waals surface area (Å²) >= 11 is 0. The van der Waals surface area contributed by atoms with Crippen LogP contribution in [0.1, 0.15) is 38.2 Å². The summed E-state index contributed by atoms with van der Waals surface area (Å²) in [5.74, 6) is 0.838. The molecule has 1 aromatic rings. The van der Waals surface area contributed by atoms with Crippen molar-refractivity contribution in [1.29, 1.82) is 0 Å². The van der Waals surface area contributed by atoms with Gasteiger partial charge in [0.25, 0.3) is 5.91 Å². The summed E-state index contributed by atoms with van der Waals surface area (Å²) in [5, 5.41) is 3.04. The number of nitrogens with one attached hydrogen (secondary N) is 1. The summed E-state index contributed by atoms with van der Waals surface area (Å²) in [6, 6.07) is 7.88. The van der Waals surface area contributed by atoms with Crippen LogP contribution in [0.25, 0.3) is 0 Å². The smallest absolute Gasteiger partial charge is 0.260 e. The van der Waals surface area contributed by atoms with E-state index in [0.29, 0.717) is 19.5 Å². The molecule has 0 bridgehead atoms. The van der Waals surface area contributed by atoms with E-state index in [4.69, 9.17) is 4.74 Å². The van der Waals surface area contributed by atoms with E-state index in [0.717, 1.165) is 30.6 Å². The van der Waals surface area contributed by atoms with Crippen molar-refractivity contribution < 1.29 is 14.3 Å². The van der Waals surface area contributed by atoms with Crippen molar-refractivity contribution in [3.63, 3.8) is 0 Å². The zero-order chi connectivity index (χ0) is 16.7. The van der Waals surface area contributed by atoms with Crippen LogP contribution in [-0.2, 0) is 9.59 Å². The van der Waals surface area contributed by atoms with Gasteiger partial charge in [0.2, 0.25) is 5.91 Å². The fraction of sp³-hybridized carbons (Fsp3) is 0.556. The maximum absolute atomic E-state index is 12.2. The minimum atomic E-state index is 0.00448. The minimum absolute atomic E-state index is 0.00448. The Morgan fingerprint density at radius 3 is 2.70 bits per heavy atom. The minimum Gasteiger partial charge on any atom is -0.484 e. The lowest BCUT2D eigenvalue weighted by atomic mass is 10.0. The molecule has 0 radical (unpaired) electrons. The van der Waals surface area contributed by atoms with Gasteiger partial charge in [0.05, 0.1) is 0 Å². The third kappa shape index (κ3) is 5.58. The molecule has 1 saturated heterocycles. The molecule has 0 aliphatic carbocycles. The van der Waals surface area contributed by atoms with Crippen molar-refractivity contribution >= 4 is 11.8 Å². The lowest BCUT2D eigenvalue weighted by molar-refractivity contribution is -0.134. The summed E-state index contributed by atoms with van der Waals surface area (Å²) in [7, 11) is 0. The molecular weight excluding hydrogens is 292 g/mol. The van der Waals surface area contributed by atoms with E-state index in [1.165, 1.54) is 0 Å². The van der Waals surface area contributed by atoms with Crippen LogP contribution in [0.15, 0.2) is 24.3 Å². The number of carbonyl (C=O) groups excluding carboxylic acids is 2. The van der Waals surface area contributed by atoms with Crippen molar-refractivity contribution in [3.05, 3.63) is 29.8 Å². The number of carbonyl (C=O) groups is 2. The second-order valence-corrected chi connectivity index (χ2v) is 6.08. The highest BCUT2D eigenvalue weighted by Crippen LogP contribution is 2.14. The summed E-state index contributed by atoms with van der Waals surface area (Å²) in [6.45, 7) is 5.40. The number of hydrogen-bond donors (Lipinski definition) is 1. The molecule has 5 heteroatoms. The van der Waals surface area contributed by atoms with Crippen molar-refractivity contribution in [3.8, 4) is 5.75 Å². The molecule has 0 saturated carbocycles. The van der Waals surface area contributed by atoms with Crippen LogP contribution in [0.5, 0.6) is 5.75 Å². The normalized spacial score (nSPS) is 15.3. The van der Waals surface area contributed by atoms with Gasteiger partial charge < -0.3 is 15.0 Å². The van der Waals surface area contributed by atoms with E-state index >= 15 is 0 Å². The average molecular weight is 318 g/mol. The molecule has 23 heavy (non-hydrogen) atoms. The Kier molecular flexibility index (Phi) is 6.44. The van der Waals surface area contributed by atoms with Gasteiger partial charge in [-0.25, -0.2) is 0 Å². The number of amides is 2. The summed E-state index contributed by atoms with van der Waals surface area (Å²) < 4.78 is 5.56. The fourth-order valence-electron chi connectivity index (χ4n) is 2.74. The first-order valence-electron chi connectivity index (χ1n) is 8.35. The van der Waals surface area contributed by atoms with Gasteiger partial charge in [-0.05, 0) is 43.9 Å². The van der Waals surface area contributed by atoms with E-state index < -0.39 is 0 Å². The topological polar surface area (TPSA) is 58.6 Å². The second-order valence-electron chi connectivity index (χ2n) is 6.08. The summed E-state index contributed by atoms with van der Waals surface area (Å²) in [4.78, 5) is 25.6. The first-order valence-corrected chi connectivity index (χ1v) is 8.35. The predicted molar refractivity (Wildman–Crippen MR) is 89.3 cm³/mol. The van der Waals surface area contributed by atoms with E-state index in [9.17, 15) is 9.59 Å². The van der Waals surface area contributed by atoms with Crippen molar-refractivity contribution in [2.24, 2.45) is 0 Å². The maximum Gasteiger partial charge on any atom is 0.260 e. The summed E-state index contributed by atoms with van der Waals surface area (Å²) in [5.41, 5.74) is 1.11. The molecule has 5 nitrogen and oxygen atoms in total. The molecule has 1 aromatic carbocycles. The van der Waals surface area contributed by atoms with Gasteiger partial charge in [-0.15, -0.1) is 0 Å². The van der Waals surface area contributed by atoms with Crippen molar-refractivity contribution in [2.75, 3.05) is 19.7 Å². The number of benzene rings is 1. The Balaban J connectivity index is 1.72. The molecular formula is C18H26N2O3.